The van der Waals surface area contributed by atoms with E-state index >= 15 is 0 Å². The number of rotatable bonds is 8. The standard InChI is InChI=1S/C16H19N3O5/c1-4-24-15(20)10-18-9-11(8-17)16(21)19-13-7-12(22-2)5-6-14(13)23-3/h5-7,9,18H,4,10H2,1-3H3,(H,19,21)/b11-9-. The van der Waals surface area contributed by atoms with Gasteiger partial charge >= 0.3 is 5.97 Å². The molecule has 0 aliphatic heterocycles. The number of amides is 1. The van der Waals surface area contributed by atoms with Gasteiger partial charge in [0.05, 0.1) is 26.5 Å². The fourth-order valence-corrected chi connectivity index (χ4v) is 1.70. The highest BCUT2D eigenvalue weighted by molar-refractivity contribution is 6.07. The van der Waals surface area contributed by atoms with Gasteiger partial charge in [0.15, 0.2) is 0 Å². The van der Waals surface area contributed by atoms with Crippen molar-refractivity contribution in [3.8, 4) is 17.6 Å². The van der Waals surface area contributed by atoms with Crippen LogP contribution in [0, 0.1) is 11.3 Å². The number of nitrogens with one attached hydrogen (secondary N) is 2. The summed E-state index contributed by atoms with van der Waals surface area (Å²) in [4.78, 5) is 23.4. The maximum Gasteiger partial charge on any atom is 0.325 e. The summed E-state index contributed by atoms with van der Waals surface area (Å²) in [5.41, 5.74) is 0.151. The quantitative estimate of drug-likeness (QED) is 0.418. The lowest BCUT2D eigenvalue weighted by Gasteiger charge is -2.11. The van der Waals surface area contributed by atoms with Crippen LogP contribution >= 0.6 is 0 Å². The molecule has 0 aliphatic carbocycles. The first-order valence-electron chi connectivity index (χ1n) is 7.08. The first-order valence-corrected chi connectivity index (χ1v) is 7.08. The van der Waals surface area contributed by atoms with E-state index < -0.39 is 11.9 Å². The van der Waals surface area contributed by atoms with E-state index in [1.54, 1.807) is 31.2 Å². The molecule has 1 amide bonds. The molecule has 0 aliphatic rings. The topological polar surface area (TPSA) is 110 Å². The fraction of sp³-hybridized carbons (Fsp3) is 0.312. The first-order chi connectivity index (χ1) is 11.5. The molecule has 8 nitrogen and oxygen atoms in total. The lowest BCUT2D eigenvalue weighted by atomic mass is 10.2. The highest BCUT2D eigenvalue weighted by Gasteiger charge is 2.13. The number of hydrogen-bond acceptors (Lipinski definition) is 7. The molecule has 1 rings (SSSR count). The molecule has 0 spiro atoms. The normalized spacial score (nSPS) is 10.3. The van der Waals surface area contributed by atoms with Crippen molar-refractivity contribution in [3.63, 3.8) is 0 Å². The van der Waals surface area contributed by atoms with Crippen LogP contribution in [-0.4, -0.2) is 39.2 Å². The van der Waals surface area contributed by atoms with E-state index in [4.69, 9.17) is 19.5 Å². The number of carbonyl (C=O) groups excluding carboxylic acids is 2. The van der Waals surface area contributed by atoms with Crippen LogP contribution < -0.4 is 20.1 Å². The summed E-state index contributed by atoms with van der Waals surface area (Å²) in [5, 5.41) is 14.2. The summed E-state index contributed by atoms with van der Waals surface area (Å²) in [5.74, 6) is -0.198. The molecule has 2 N–H and O–H groups in total. The Bertz CT molecular complexity index is 664. The molecule has 8 heteroatoms. The van der Waals surface area contributed by atoms with Crippen LogP contribution in [0.15, 0.2) is 30.0 Å². The SMILES string of the molecule is CCOC(=O)CN/C=C(/C#N)C(=O)Nc1cc(OC)ccc1OC. The Morgan fingerprint density at radius 1 is 1.29 bits per heavy atom. The zero-order valence-corrected chi connectivity index (χ0v) is 13.7. The number of nitriles is 1. The van der Waals surface area contributed by atoms with E-state index in [-0.39, 0.29) is 18.7 Å². The van der Waals surface area contributed by atoms with Crippen molar-refractivity contribution in [2.24, 2.45) is 0 Å². The lowest BCUT2D eigenvalue weighted by Crippen LogP contribution is -2.22. The van der Waals surface area contributed by atoms with Gasteiger partial charge in [0.1, 0.15) is 29.7 Å². The van der Waals surface area contributed by atoms with E-state index in [9.17, 15) is 9.59 Å². The van der Waals surface area contributed by atoms with Crippen molar-refractivity contribution in [2.45, 2.75) is 6.92 Å². The van der Waals surface area contributed by atoms with E-state index in [1.165, 1.54) is 14.2 Å². The van der Waals surface area contributed by atoms with Crippen LogP contribution in [0.25, 0.3) is 0 Å². The highest BCUT2D eigenvalue weighted by atomic mass is 16.5. The second kappa shape index (κ2) is 9.74. The molecule has 1 aromatic rings. The Balaban J connectivity index is 2.81. The van der Waals surface area contributed by atoms with Gasteiger partial charge in [-0.25, -0.2) is 0 Å². The Morgan fingerprint density at radius 2 is 2.04 bits per heavy atom. The number of methoxy groups -OCH3 is 2. The number of esters is 1. The van der Waals surface area contributed by atoms with Crippen molar-refractivity contribution >= 4 is 17.6 Å². The molecule has 0 heterocycles. The van der Waals surface area contributed by atoms with Crippen LogP contribution in [-0.2, 0) is 14.3 Å². The molecule has 1 aromatic carbocycles. The number of nitrogens with zero attached hydrogens (tertiary/aromatic N) is 1. The summed E-state index contributed by atoms with van der Waals surface area (Å²) in [6, 6.07) is 6.63. The van der Waals surface area contributed by atoms with Crippen molar-refractivity contribution in [2.75, 3.05) is 32.7 Å². The lowest BCUT2D eigenvalue weighted by molar-refractivity contribution is -0.141. The molecule has 128 valence electrons. The molecule has 0 saturated heterocycles. The monoisotopic (exact) mass is 333 g/mol. The Kier molecular flexibility index (Phi) is 7.64. The van der Waals surface area contributed by atoms with Gasteiger partial charge in [-0.2, -0.15) is 5.26 Å². The Morgan fingerprint density at radius 3 is 2.62 bits per heavy atom. The maximum absolute atomic E-state index is 12.2. The third kappa shape index (κ3) is 5.53. The molecule has 0 fully saturated rings. The molecule has 0 radical (unpaired) electrons. The molecule has 0 unspecified atom stereocenters. The number of ether oxygens (including phenoxy) is 3. The Hall–Kier alpha value is -3.21. The first kappa shape index (κ1) is 18.8. The van der Waals surface area contributed by atoms with Crippen molar-refractivity contribution in [1.82, 2.24) is 5.32 Å². The third-order valence-corrected chi connectivity index (χ3v) is 2.82. The van der Waals surface area contributed by atoms with Crippen LogP contribution in [0.1, 0.15) is 6.92 Å². The third-order valence-electron chi connectivity index (χ3n) is 2.82. The van der Waals surface area contributed by atoms with Gasteiger partial charge in [0.2, 0.25) is 0 Å². The number of carbonyl (C=O) groups is 2. The molecule has 0 aromatic heterocycles. The van der Waals surface area contributed by atoms with E-state index in [0.29, 0.717) is 17.2 Å². The summed E-state index contributed by atoms with van der Waals surface area (Å²) in [6.45, 7) is 1.80. The summed E-state index contributed by atoms with van der Waals surface area (Å²) >= 11 is 0. The van der Waals surface area contributed by atoms with E-state index in [2.05, 4.69) is 10.6 Å². The van der Waals surface area contributed by atoms with E-state index in [0.717, 1.165) is 6.20 Å². The smallest absolute Gasteiger partial charge is 0.325 e. The highest BCUT2D eigenvalue weighted by Crippen LogP contribution is 2.29. The molecule has 24 heavy (non-hydrogen) atoms. The minimum Gasteiger partial charge on any atom is -0.497 e. The van der Waals surface area contributed by atoms with Gasteiger partial charge in [-0.05, 0) is 19.1 Å². The van der Waals surface area contributed by atoms with Gasteiger partial charge < -0.3 is 24.8 Å². The van der Waals surface area contributed by atoms with E-state index in [1.807, 2.05) is 0 Å². The molecular formula is C16H19N3O5. The number of anilines is 1. The number of benzene rings is 1. The van der Waals surface area contributed by atoms with Gasteiger partial charge in [-0.1, -0.05) is 0 Å². The zero-order valence-electron chi connectivity index (χ0n) is 13.7. The average Bonchev–Trinajstić information content (AvgIpc) is 2.58. The van der Waals surface area contributed by atoms with Crippen molar-refractivity contribution in [1.29, 1.82) is 5.26 Å². The minimum absolute atomic E-state index is 0.144. The zero-order chi connectivity index (χ0) is 17.9. The van der Waals surface area contributed by atoms with Crippen molar-refractivity contribution < 1.29 is 23.8 Å². The Labute approximate surface area is 140 Å². The summed E-state index contributed by atoms with van der Waals surface area (Å²) in [7, 11) is 2.95. The predicted octanol–water partition coefficient (Wildman–Crippen LogP) is 1.20. The number of hydrogen-bond donors (Lipinski definition) is 2. The minimum atomic E-state index is -0.652. The fourth-order valence-electron chi connectivity index (χ4n) is 1.70. The predicted molar refractivity (Wildman–Crippen MR) is 86.5 cm³/mol. The van der Waals surface area contributed by atoms with Crippen LogP contribution in [0.5, 0.6) is 11.5 Å². The largest absolute Gasteiger partial charge is 0.497 e. The van der Waals surface area contributed by atoms with Crippen molar-refractivity contribution in [3.05, 3.63) is 30.0 Å². The second-order valence-electron chi connectivity index (χ2n) is 4.38. The van der Waals surface area contributed by atoms with Crippen LogP contribution in [0.4, 0.5) is 5.69 Å². The van der Waals surface area contributed by atoms with Gasteiger partial charge in [-0.15, -0.1) is 0 Å². The second-order valence-corrected chi connectivity index (χ2v) is 4.38. The van der Waals surface area contributed by atoms with Crippen LogP contribution in [0.3, 0.4) is 0 Å². The van der Waals surface area contributed by atoms with Crippen LogP contribution in [0.2, 0.25) is 0 Å². The molecule has 0 saturated carbocycles. The van der Waals surface area contributed by atoms with Gasteiger partial charge in [0.25, 0.3) is 5.91 Å². The summed E-state index contributed by atoms with van der Waals surface area (Å²) < 4.78 is 15.0. The van der Waals surface area contributed by atoms with Gasteiger partial charge in [0, 0.05) is 12.3 Å². The summed E-state index contributed by atoms with van der Waals surface area (Å²) in [6.07, 6.45) is 1.15. The van der Waals surface area contributed by atoms with Gasteiger partial charge in [-0.3, -0.25) is 9.59 Å². The molecular weight excluding hydrogens is 314 g/mol. The maximum atomic E-state index is 12.2. The molecule has 0 atom stereocenters. The average molecular weight is 333 g/mol. The molecule has 0 bridgehead atoms.